The lowest BCUT2D eigenvalue weighted by Gasteiger charge is -2.19. The number of carbonyl (C=O) groups excluding carboxylic acids is 1. The predicted molar refractivity (Wildman–Crippen MR) is 90.9 cm³/mol. The minimum Gasteiger partial charge on any atom is -0.469 e. The van der Waals surface area contributed by atoms with Crippen molar-refractivity contribution in [2.24, 2.45) is 5.92 Å². The van der Waals surface area contributed by atoms with Crippen LogP contribution >= 0.6 is 0 Å². The molecule has 24 heavy (non-hydrogen) atoms. The van der Waals surface area contributed by atoms with E-state index >= 15 is 0 Å². The van der Waals surface area contributed by atoms with Crippen LogP contribution in [0, 0.1) is 5.92 Å². The Balaban J connectivity index is 1.65. The van der Waals surface area contributed by atoms with E-state index in [1.807, 2.05) is 17.0 Å². The van der Waals surface area contributed by atoms with Crippen LogP contribution in [0.15, 0.2) is 41.1 Å². The topological polar surface area (TPSA) is 78.6 Å². The first-order chi connectivity index (χ1) is 11.8. The number of likely N-dealkylation sites (tertiary alicyclic amines) is 1. The highest BCUT2D eigenvalue weighted by Crippen LogP contribution is 2.19. The SMILES string of the molecule is O=C(c1cccnc1NCC(CO)Cc1ccco1)N1CCCC1. The van der Waals surface area contributed by atoms with Gasteiger partial charge in [0.15, 0.2) is 0 Å². The van der Waals surface area contributed by atoms with Crippen molar-refractivity contribution in [3.8, 4) is 0 Å². The van der Waals surface area contributed by atoms with Crippen LogP contribution in [0.25, 0.3) is 0 Å². The molecule has 0 saturated carbocycles. The van der Waals surface area contributed by atoms with Crippen molar-refractivity contribution in [1.29, 1.82) is 0 Å². The molecule has 0 aliphatic carbocycles. The van der Waals surface area contributed by atoms with Gasteiger partial charge in [-0.3, -0.25) is 4.79 Å². The lowest BCUT2D eigenvalue weighted by atomic mass is 10.0. The Kier molecular flexibility index (Phi) is 5.48. The molecule has 1 amide bonds. The zero-order valence-corrected chi connectivity index (χ0v) is 13.6. The maximum Gasteiger partial charge on any atom is 0.257 e. The number of hydrogen-bond acceptors (Lipinski definition) is 5. The zero-order chi connectivity index (χ0) is 16.8. The van der Waals surface area contributed by atoms with Crippen LogP contribution in [0.2, 0.25) is 0 Å². The monoisotopic (exact) mass is 329 g/mol. The van der Waals surface area contributed by atoms with Gasteiger partial charge in [0.2, 0.25) is 0 Å². The van der Waals surface area contributed by atoms with Gasteiger partial charge >= 0.3 is 0 Å². The van der Waals surface area contributed by atoms with E-state index in [1.54, 1.807) is 24.6 Å². The van der Waals surface area contributed by atoms with Crippen molar-refractivity contribution in [2.75, 3.05) is 31.6 Å². The van der Waals surface area contributed by atoms with Crippen molar-refractivity contribution in [3.05, 3.63) is 48.0 Å². The minimum absolute atomic E-state index is 0.00658. The molecule has 1 atom stereocenters. The van der Waals surface area contributed by atoms with Crippen LogP contribution in [0.5, 0.6) is 0 Å². The fourth-order valence-electron chi connectivity index (χ4n) is 2.96. The van der Waals surface area contributed by atoms with Crippen molar-refractivity contribution in [1.82, 2.24) is 9.88 Å². The first-order valence-corrected chi connectivity index (χ1v) is 8.39. The van der Waals surface area contributed by atoms with Crippen molar-refractivity contribution < 1.29 is 14.3 Å². The van der Waals surface area contributed by atoms with Crippen LogP contribution in [0.1, 0.15) is 29.0 Å². The number of nitrogens with one attached hydrogen (secondary N) is 1. The standard InChI is InChI=1S/C18H23N3O3/c22-13-14(11-15-5-4-10-24-15)12-20-17-16(6-3-7-19-17)18(23)21-8-1-2-9-21/h3-7,10,14,22H,1-2,8-9,11-13H2,(H,19,20). The van der Waals surface area contributed by atoms with E-state index < -0.39 is 0 Å². The summed E-state index contributed by atoms with van der Waals surface area (Å²) in [5.41, 5.74) is 0.592. The third-order valence-electron chi connectivity index (χ3n) is 4.32. The van der Waals surface area contributed by atoms with Gasteiger partial charge < -0.3 is 19.7 Å². The summed E-state index contributed by atoms with van der Waals surface area (Å²) in [5.74, 6) is 1.43. The van der Waals surface area contributed by atoms with Gasteiger partial charge in [0.25, 0.3) is 5.91 Å². The van der Waals surface area contributed by atoms with Crippen molar-refractivity contribution >= 4 is 11.7 Å². The molecule has 6 heteroatoms. The molecule has 2 aromatic rings. The fraction of sp³-hybridized carbons (Fsp3) is 0.444. The van der Waals surface area contributed by atoms with Gasteiger partial charge in [-0.1, -0.05) is 0 Å². The smallest absolute Gasteiger partial charge is 0.257 e. The number of nitrogens with zero attached hydrogens (tertiary/aromatic N) is 2. The average molecular weight is 329 g/mol. The Morgan fingerprint density at radius 2 is 2.17 bits per heavy atom. The number of furan rings is 1. The summed E-state index contributed by atoms with van der Waals surface area (Å²) in [7, 11) is 0. The molecule has 6 nitrogen and oxygen atoms in total. The van der Waals surface area contributed by atoms with Gasteiger partial charge in [0.1, 0.15) is 11.6 Å². The lowest BCUT2D eigenvalue weighted by molar-refractivity contribution is 0.0793. The largest absolute Gasteiger partial charge is 0.469 e. The summed E-state index contributed by atoms with van der Waals surface area (Å²) in [5, 5.41) is 12.8. The summed E-state index contributed by atoms with van der Waals surface area (Å²) >= 11 is 0. The molecule has 1 saturated heterocycles. The molecular formula is C18H23N3O3. The Hall–Kier alpha value is -2.34. The maximum absolute atomic E-state index is 12.6. The van der Waals surface area contributed by atoms with Crippen molar-refractivity contribution in [3.63, 3.8) is 0 Å². The Bertz CT molecular complexity index is 651. The molecule has 0 spiro atoms. The number of aromatic nitrogens is 1. The molecule has 3 rings (SSSR count). The van der Waals surface area contributed by atoms with Crippen molar-refractivity contribution in [2.45, 2.75) is 19.3 Å². The third-order valence-corrected chi connectivity index (χ3v) is 4.32. The molecule has 3 heterocycles. The van der Waals surface area contributed by atoms with E-state index in [1.165, 1.54) is 0 Å². The fourth-order valence-corrected chi connectivity index (χ4v) is 2.96. The number of pyridine rings is 1. The summed E-state index contributed by atoms with van der Waals surface area (Å²) < 4.78 is 5.33. The molecule has 1 aliphatic heterocycles. The predicted octanol–water partition coefficient (Wildman–Crippen LogP) is 2.17. The number of rotatable bonds is 7. The van der Waals surface area contributed by atoms with Crippen LogP contribution in [-0.4, -0.2) is 47.1 Å². The molecule has 128 valence electrons. The summed E-state index contributed by atoms with van der Waals surface area (Å²) in [6.07, 6.45) is 6.06. The van der Waals surface area contributed by atoms with Gasteiger partial charge in [-0.2, -0.15) is 0 Å². The highest BCUT2D eigenvalue weighted by Gasteiger charge is 2.22. The number of amides is 1. The molecule has 1 fully saturated rings. The van der Waals surface area contributed by atoms with E-state index in [0.717, 1.165) is 31.7 Å². The van der Waals surface area contributed by atoms with Crippen LogP contribution in [0.3, 0.4) is 0 Å². The Morgan fingerprint density at radius 1 is 1.33 bits per heavy atom. The highest BCUT2D eigenvalue weighted by molar-refractivity contribution is 5.98. The van der Waals surface area contributed by atoms with Gasteiger partial charge in [-0.05, 0) is 37.1 Å². The van der Waals surface area contributed by atoms with Gasteiger partial charge in [-0.25, -0.2) is 4.98 Å². The first-order valence-electron chi connectivity index (χ1n) is 8.39. The number of carbonyl (C=O) groups is 1. The number of anilines is 1. The van der Waals surface area contributed by atoms with E-state index in [2.05, 4.69) is 10.3 Å². The number of aliphatic hydroxyl groups excluding tert-OH is 1. The second-order valence-corrected chi connectivity index (χ2v) is 6.11. The number of aliphatic hydroxyl groups is 1. The molecule has 0 radical (unpaired) electrons. The zero-order valence-electron chi connectivity index (χ0n) is 13.6. The van der Waals surface area contributed by atoms with E-state index in [4.69, 9.17) is 4.42 Å². The molecule has 2 aromatic heterocycles. The van der Waals surface area contributed by atoms with E-state index in [-0.39, 0.29) is 18.4 Å². The lowest BCUT2D eigenvalue weighted by Crippen LogP contribution is -2.29. The molecule has 1 aliphatic rings. The molecular weight excluding hydrogens is 306 g/mol. The first kappa shape index (κ1) is 16.5. The second kappa shape index (κ2) is 7.97. The number of hydrogen-bond donors (Lipinski definition) is 2. The Labute approximate surface area is 141 Å². The van der Waals surface area contributed by atoms with Gasteiger partial charge in [0.05, 0.1) is 11.8 Å². The van der Waals surface area contributed by atoms with E-state index in [9.17, 15) is 9.90 Å². The average Bonchev–Trinajstić information content (AvgIpc) is 3.32. The molecule has 0 bridgehead atoms. The Morgan fingerprint density at radius 3 is 2.88 bits per heavy atom. The van der Waals surface area contributed by atoms with Crippen LogP contribution in [-0.2, 0) is 6.42 Å². The molecule has 1 unspecified atom stereocenters. The minimum atomic E-state index is -0.00658. The summed E-state index contributed by atoms with van der Waals surface area (Å²) in [6, 6.07) is 7.31. The highest BCUT2D eigenvalue weighted by atomic mass is 16.3. The maximum atomic E-state index is 12.6. The second-order valence-electron chi connectivity index (χ2n) is 6.11. The van der Waals surface area contributed by atoms with Gasteiger partial charge in [-0.15, -0.1) is 0 Å². The van der Waals surface area contributed by atoms with Crippen LogP contribution in [0.4, 0.5) is 5.82 Å². The van der Waals surface area contributed by atoms with Gasteiger partial charge in [0, 0.05) is 44.8 Å². The third kappa shape index (κ3) is 3.94. The quantitative estimate of drug-likeness (QED) is 0.814. The normalized spacial score (nSPS) is 15.5. The summed E-state index contributed by atoms with van der Waals surface area (Å²) in [4.78, 5) is 18.8. The van der Waals surface area contributed by atoms with Crippen LogP contribution < -0.4 is 5.32 Å². The summed E-state index contributed by atoms with van der Waals surface area (Å²) in [6.45, 7) is 2.18. The van der Waals surface area contributed by atoms with E-state index in [0.29, 0.717) is 24.3 Å². The molecule has 2 N–H and O–H groups in total. The molecule has 0 aromatic carbocycles.